The predicted molar refractivity (Wildman–Crippen MR) is 89.6 cm³/mol. The lowest BCUT2D eigenvalue weighted by atomic mass is 10.1. The molecule has 0 aliphatic heterocycles. The summed E-state index contributed by atoms with van der Waals surface area (Å²) in [6.45, 7) is 1.91. The summed E-state index contributed by atoms with van der Waals surface area (Å²) >= 11 is 3.37. The van der Waals surface area contributed by atoms with Crippen LogP contribution >= 0.6 is 15.9 Å². The molecule has 0 aromatic heterocycles. The van der Waals surface area contributed by atoms with E-state index >= 15 is 0 Å². The monoisotopic (exact) mass is 363 g/mol. The van der Waals surface area contributed by atoms with Gasteiger partial charge in [-0.25, -0.2) is 0 Å². The van der Waals surface area contributed by atoms with Crippen molar-refractivity contribution in [2.45, 2.75) is 13.0 Å². The van der Waals surface area contributed by atoms with E-state index in [1.807, 2.05) is 37.3 Å². The molecule has 2 rings (SSSR count). The maximum Gasteiger partial charge on any atom is 0.251 e. The summed E-state index contributed by atoms with van der Waals surface area (Å²) in [6.07, 6.45) is 0. The predicted octanol–water partition coefficient (Wildman–Crippen LogP) is 3.96. The van der Waals surface area contributed by atoms with E-state index in [1.165, 1.54) is 0 Å². The van der Waals surface area contributed by atoms with Gasteiger partial charge in [0.25, 0.3) is 5.91 Å². The van der Waals surface area contributed by atoms with Crippen molar-refractivity contribution in [1.29, 1.82) is 0 Å². The van der Waals surface area contributed by atoms with Crippen LogP contribution in [0.25, 0.3) is 0 Å². The van der Waals surface area contributed by atoms with Crippen molar-refractivity contribution in [1.82, 2.24) is 5.32 Å². The Morgan fingerprint density at radius 3 is 2.55 bits per heavy atom. The van der Waals surface area contributed by atoms with Crippen LogP contribution < -0.4 is 14.8 Å². The van der Waals surface area contributed by atoms with Crippen LogP contribution in [0, 0.1) is 0 Å². The van der Waals surface area contributed by atoms with Crippen molar-refractivity contribution in [3.63, 3.8) is 0 Å². The van der Waals surface area contributed by atoms with Crippen LogP contribution in [-0.2, 0) is 0 Å². The van der Waals surface area contributed by atoms with E-state index in [-0.39, 0.29) is 11.9 Å². The zero-order chi connectivity index (χ0) is 16.1. The van der Waals surface area contributed by atoms with E-state index in [0.29, 0.717) is 11.3 Å². The van der Waals surface area contributed by atoms with Gasteiger partial charge < -0.3 is 14.8 Å². The molecule has 0 saturated heterocycles. The molecule has 116 valence electrons. The minimum atomic E-state index is -0.212. The third-order valence-corrected chi connectivity index (χ3v) is 3.83. The molecule has 0 aliphatic rings. The first kappa shape index (κ1) is 16.4. The summed E-state index contributed by atoms with van der Waals surface area (Å²) in [5, 5.41) is 2.97. The van der Waals surface area contributed by atoms with Gasteiger partial charge in [0, 0.05) is 15.6 Å². The molecule has 5 heteroatoms. The molecule has 0 spiro atoms. The summed E-state index contributed by atoms with van der Waals surface area (Å²) in [5.41, 5.74) is 1.47. The Morgan fingerprint density at radius 1 is 1.14 bits per heavy atom. The molecule has 0 radical (unpaired) electrons. The molecule has 2 aromatic carbocycles. The number of hydrogen-bond acceptors (Lipinski definition) is 3. The van der Waals surface area contributed by atoms with Gasteiger partial charge in [-0.3, -0.25) is 4.79 Å². The molecular weight excluding hydrogens is 346 g/mol. The van der Waals surface area contributed by atoms with Gasteiger partial charge in [-0.1, -0.05) is 22.0 Å². The number of methoxy groups -OCH3 is 2. The Bertz CT molecular complexity index is 673. The number of rotatable bonds is 5. The highest BCUT2D eigenvalue weighted by molar-refractivity contribution is 9.10. The molecule has 4 nitrogen and oxygen atoms in total. The number of amides is 1. The van der Waals surface area contributed by atoms with Crippen molar-refractivity contribution in [2.24, 2.45) is 0 Å². The smallest absolute Gasteiger partial charge is 0.251 e. The largest absolute Gasteiger partial charge is 0.497 e. The quantitative estimate of drug-likeness (QED) is 0.874. The lowest BCUT2D eigenvalue weighted by molar-refractivity contribution is 0.0939. The van der Waals surface area contributed by atoms with Gasteiger partial charge in [0.1, 0.15) is 11.5 Å². The van der Waals surface area contributed by atoms with Gasteiger partial charge in [0.05, 0.1) is 20.3 Å². The highest BCUT2D eigenvalue weighted by atomic mass is 79.9. The van der Waals surface area contributed by atoms with Gasteiger partial charge in [0.15, 0.2) is 0 Å². The minimum Gasteiger partial charge on any atom is -0.497 e. The van der Waals surface area contributed by atoms with E-state index < -0.39 is 0 Å². The standard InChI is InChI=1S/C17H18BrNO3/c1-11(15-10-14(21-2)7-8-16(15)22-3)19-17(20)12-5-4-6-13(18)9-12/h4-11H,1-3H3,(H,19,20)/t11-/m1/s1. The number of benzene rings is 2. The molecule has 22 heavy (non-hydrogen) atoms. The van der Waals surface area contributed by atoms with Gasteiger partial charge in [-0.15, -0.1) is 0 Å². The molecule has 1 amide bonds. The van der Waals surface area contributed by atoms with Gasteiger partial charge in [-0.05, 0) is 43.3 Å². The first-order valence-electron chi connectivity index (χ1n) is 6.83. The number of ether oxygens (including phenoxy) is 2. The van der Waals surface area contributed by atoms with Crippen molar-refractivity contribution in [2.75, 3.05) is 14.2 Å². The van der Waals surface area contributed by atoms with Gasteiger partial charge in [-0.2, -0.15) is 0 Å². The number of carbonyl (C=O) groups is 1. The van der Waals surface area contributed by atoms with Crippen LogP contribution in [0.15, 0.2) is 46.9 Å². The first-order valence-corrected chi connectivity index (χ1v) is 7.62. The lowest BCUT2D eigenvalue weighted by Crippen LogP contribution is -2.27. The molecule has 0 saturated carbocycles. The number of carbonyl (C=O) groups excluding carboxylic acids is 1. The zero-order valence-corrected chi connectivity index (χ0v) is 14.3. The van der Waals surface area contributed by atoms with Crippen molar-refractivity contribution < 1.29 is 14.3 Å². The lowest BCUT2D eigenvalue weighted by Gasteiger charge is -2.18. The molecule has 0 heterocycles. The van der Waals surface area contributed by atoms with E-state index in [0.717, 1.165) is 15.8 Å². The fraction of sp³-hybridized carbons (Fsp3) is 0.235. The second-order valence-electron chi connectivity index (χ2n) is 4.81. The third kappa shape index (κ3) is 3.80. The summed E-state index contributed by atoms with van der Waals surface area (Å²) in [4.78, 5) is 12.3. The maximum atomic E-state index is 12.3. The van der Waals surface area contributed by atoms with Crippen LogP contribution in [0.3, 0.4) is 0 Å². The van der Waals surface area contributed by atoms with Crippen LogP contribution in [0.4, 0.5) is 0 Å². The van der Waals surface area contributed by atoms with Crippen LogP contribution in [0.2, 0.25) is 0 Å². The minimum absolute atomic E-state index is 0.140. The van der Waals surface area contributed by atoms with Crippen LogP contribution in [0.1, 0.15) is 28.9 Å². The van der Waals surface area contributed by atoms with Crippen molar-refractivity contribution >= 4 is 21.8 Å². The Kier molecular flexibility index (Phi) is 5.44. The maximum absolute atomic E-state index is 12.3. The molecule has 1 atom stereocenters. The fourth-order valence-electron chi connectivity index (χ4n) is 2.17. The van der Waals surface area contributed by atoms with Crippen LogP contribution in [-0.4, -0.2) is 20.1 Å². The zero-order valence-electron chi connectivity index (χ0n) is 12.7. The molecule has 1 N–H and O–H groups in total. The van der Waals surface area contributed by atoms with Gasteiger partial charge in [0.2, 0.25) is 0 Å². The second-order valence-corrected chi connectivity index (χ2v) is 5.73. The highest BCUT2D eigenvalue weighted by Crippen LogP contribution is 2.29. The van der Waals surface area contributed by atoms with E-state index in [9.17, 15) is 4.79 Å². The average molecular weight is 364 g/mol. The summed E-state index contributed by atoms with van der Waals surface area (Å²) in [5.74, 6) is 1.29. The van der Waals surface area contributed by atoms with Crippen molar-refractivity contribution in [3.8, 4) is 11.5 Å². The Balaban J connectivity index is 2.21. The topological polar surface area (TPSA) is 47.6 Å². The summed E-state index contributed by atoms with van der Waals surface area (Å²) in [7, 11) is 3.21. The normalized spacial score (nSPS) is 11.6. The summed E-state index contributed by atoms with van der Waals surface area (Å²) in [6, 6.07) is 12.6. The molecule has 0 bridgehead atoms. The number of halogens is 1. The Labute approximate surface area is 138 Å². The van der Waals surface area contributed by atoms with E-state index in [2.05, 4.69) is 21.2 Å². The van der Waals surface area contributed by atoms with Crippen LogP contribution in [0.5, 0.6) is 11.5 Å². The fourth-order valence-corrected chi connectivity index (χ4v) is 2.56. The van der Waals surface area contributed by atoms with Crippen molar-refractivity contribution in [3.05, 3.63) is 58.1 Å². The van der Waals surface area contributed by atoms with E-state index in [4.69, 9.17) is 9.47 Å². The van der Waals surface area contributed by atoms with Gasteiger partial charge >= 0.3 is 0 Å². The second kappa shape index (κ2) is 7.31. The summed E-state index contributed by atoms with van der Waals surface area (Å²) < 4.78 is 11.5. The highest BCUT2D eigenvalue weighted by Gasteiger charge is 2.16. The average Bonchev–Trinajstić information content (AvgIpc) is 2.54. The number of nitrogens with one attached hydrogen (secondary N) is 1. The Morgan fingerprint density at radius 2 is 1.91 bits per heavy atom. The molecular formula is C17H18BrNO3. The molecule has 2 aromatic rings. The third-order valence-electron chi connectivity index (χ3n) is 3.34. The SMILES string of the molecule is COc1ccc(OC)c([C@@H](C)NC(=O)c2cccc(Br)c2)c1. The molecule has 0 fully saturated rings. The first-order chi connectivity index (χ1) is 10.5. The molecule has 0 unspecified atom stereocenters. The van der Waals surface area contributed by atoms with E-state index in [1.54, 1.807) is 26.4 Å². The molecule has 0 aliphatic carbocycles. The number of hydrogen-bond donors (Lipinski definition) is 1. The Hall–Kier alpha value is -2.01.